The number of carbonyl (C=O) groups excluding carboxylic acids is 2. The van der Waals surface area contributed by atoms with Gasteiger partial charge in [0.25, 0.3) is 5.56 Å². The number of anilines is 1. The van der Waals surface area contributed by atoms with Gasteiger partial charge in [0.2, 0.25) is 11.8 Å². The molecular weight excluding hydrogens is 420 g/mol. The van der Waals surface area contributed by atoms with E-state index in [0.29, 0.717) is 29.6 Å². The Morgan fingerprint density at radius 1 is 1.15 bits per heavy atom. The summed E-state index contributed by atoms with van der Waals surface area (Å²) in [5.74, 6) is -0.513. The first-order chi connectivity index (χ1) is 15.9. The van der Waals surface area contributed by atoms with E-state index in [1.165, 1.54) is 4.90 Å². The molecule has 8 nitrogen and oxygen atoms in total. The van der Waals surface area contributed by atoms with Crippen LogP contribution >= 0.6 is 0 Å². The van der Waals surface area contributed by atoms with Crippen molar-refractivity contribution < 1.29 is 14.3 Å². The first-order valence-corrected chi connectivity index (χ1v) is 11.1. The number of aromatic nitrogens is 2. The molecule has 33 heavy (non-hydrogen) atoms. The zero-order valence-electron chi connectivity index (χ0n) is 18.9. The quantitative estimate of drug-likeness (QED) is 0.578. The highest BCUT2D eigenvalue weighted by molar-refractivity contribution is 5.96. The molecule has 0 bridgehead atoms. The minimum Gasteiger partial charge on any atom is -0.376 e. The molecule has 172 valence electrons. The summed E-state index contributed by atoms with van der Waals surface area (Å²) in [6, 6.07) is 12.8. The summed E-state index contributed by atoms with van der Waals surface area (Å²) < 4.78 is 5.72. The van der Waals surface area contributed by atoms with Crippen molar-refractivity contribution in [2.45, 2.75) is 39.2 Å². The van der Waals surface area contributed by atoms with Crippen LogP contribution in [0.2, 0.25) is 0 Å². The Bertz CT molecular complexity index is 1230. The van der Waals surface area contributed by atoms with Crippen LogP contribution in [0.3, 0.4) is 0 Å². The summed E-state index contributed by atoms with van der Waals surface area (Å²) in [7, 11) is 0. The van der Waals surface area contributed by atoms with Crippen molar-refractivity contribution in [3.63, 3.8) is 0 Å². The Labute approximate surface area is 191 Å². The van der Waals surface area contributed by atoms with E-state index < -0.39 is 0 Å². The van der Waals surface area contributed by atoms with E-state index in [0.717, 1.165) is 29.7 Å². The van der Waals surface area contributed by atoms with Crippen molar-refractivity contribution in [2.24, 2.45) is 0 Å². The van der Waals surface area contributed by atoms with Crippen LogP contribution in [0, 0.1) is 13.8 Å². The molecule has 1 aliphatic rings. The molecule has 1 fully saturated rings. The predicted octanol–water partition coefficient (Wildman–Crippen LogP) is 2.73. The molecule has 2 amide bonds. The lowest BCUT2D eigenvalue weighted by Crippen LogP contribution is -2.43. The van der Waals surface area contributed by atoms with Crippen molar-refractivity contribution in [1.29, 1.82) is 0 Å². The maximum Gasteiger partial charge on any atom is 0.272 e. The molecule has 1 aromatic heterocycles. The SMILES string of the molecule is Cc1cccc(NC(=O)CN(C[C@@H]2CCCO2)C(=O)Cc2n[nH]c(=O)c3ccccc23)c1C. The van der Waals surface area contributed by atoms with E-state index in [4.69, 9.17) is 4.74 Å². The summed E-state index contributed by atoms with van der Waals surface area (Å²) in [6.07, 6.45) is 1.67. The molecule has 2 N–H and O–H groups in total. The fourth-order valence-electron chi connectivity index (χ4n) is 4.10. The molecule has 2 heterocycles. The molecule has 2 aromatic carbocycles. The van der Waals surface area contributed by atoms with Crippen LogP contribution in [-0.2, 0) is 20.7 Å². The van der Waals surface area contributed by atoms with E-state index in [2.05, 4.69) is 15.5 Å². The largest absolute Gasteiger partial charge is 0.376 e. The minimum atomic E-state index is -0.300. The van der Waals surface area contributed by atoms with Crippen molar-refractivity contribution in [3.05, 3.63) is 69.6 Å². The number of benzene rings is 2. The van der Waals surface area contributed by atoms with Gasteiger partial charge in [0.15, 0.2) is 0 Å². The predicted molar refractivity (Wildman–Crippen MR) is 126 cm³/mol. The molecule has 0 aliphatic carbocycles. The summed E-state index contributed by atoms with van der Waals surface area (Å²) in [4.78, 5) is 39.8. The Kier molecular flexibility index (Phi) is 6.84. The number of ether oxygens (including phenoxy) is 1. The van der Waals surface area contributed by atoms with Crippen LogP contribution in [0.15, 0.2) is 47.3 Å². The lowest BCUT2D eigenvalue weighted by atomic mass is 10.1. The summed E-state index contributed by atoms with van der Waals surface area (Å²) in [6.45, 7) is 4.84. The fraction of sp³-hybridized carbons (Fsp3) is 0.360. The highest BCUT2D eigenvalue weighted by Gasteiger charge is 2.25. The van der Waals surface area contributed by atoms with Crippen LogP contribution in [0.5, 0.6) is 0 Å². The third-order valence-corrected chi connectivity index (χ3v) is 6.11. The maximum atomic E-state index is 13.3. The molecule has 4 rings (SSSR count). The first kappa shape index (κ1) is 22.7. The lowest BCUT2D eigenvalue weighted by Gasteiger charge is -2.25. The number of hydrogen-bond donors (Lipinski definition) is 2. The Morgan fingerprint density at radius 3 is 2.70 bits per heavy atom. The zero-order valence-corrected chi connectivity index (χ0v) is 18.9. The van der Waals surface area contributed by atoms with Crippen LogP contribution in [-0.4, -0.2) is 52.7 Å². The van der Waals surface area contributed by atoms with Gasteiger partial charge >= 0.3 is 0 Å². The third-order valence-electron chi connectivity index (χ3n) is 6.11. The molecular formula is C25H28N4O4. The number of carbonyl (C=O) groups is 2. The topological polar surface area (TPSA) is 104 Å². The van der Waals surface area contributed by atoms with Crippen LogP contribution in [0.1, 0.15) is 29.7 Å². The Morgan fingerprint density at radius 2 is 1.94 bits per heavy atom. The van der Waals surface area contributed by atoms with E-state index in [1.54, 1.807) is 24.3 Å². The first-order valence-electron chi connectivity index (χ1n) is 11.1. The van der Waals surface area contributed by atoms with E-state index in [-0.39, 0.29) is 36.4 Å². The van der Waals surface area contributed by atoms with Gasteiger partial charge < -0.3 is 15.0 Å². The molecule has 8 heteroatoms. The molecule has 0 spiro atoms. The smallest absolute Gasteiger partial charge is 0.272 e. The molecule has 3 aromatic rings. The highest BCUT2D eigenvalue weighted by Crippen LogP contribution is 2.19. The summed E-state index contributed by atoms with van der Waals surface area (Å²) in [5, 5.41) is 10.6. The van der Waals surface area contributed by atoms with Gasteiger partial charge in [-0.15, -0.1) is 0 Å². The average molecular weight is 449 g/mol. The molecule has 0 radical (unpaired) electrons. The van der Waals surface area contributed by atoms with Gasteiger partial charge in [-0.3, -0.25) is 14.4 Å². The third kappa shape index (κ3) is 5.28. The monoisotopic (exact) mass is 448 g/mol. The van der Waals surface area contributed by atoms with Crippen LogP contribution < -0.4 is 10.9 Å². The Balaban J connectivity index is 1.53. The average Bonchev–Trinajstić information content (AvgIpc) is 3.32. The minimum absolute atomic E-state index is 0.0270. The molecule has 1 saturated heterocycles. The van der Waals surface area contributed by atoms with Gasteiger partial charge in [0.05, 0.1) is 30.1 Å². The molecule has 1 atom stereocenters. The van der Waals surface area contributed by atoms with Gasteiger partial charge in [-0.25, -0.2) is 5.10 Å². The van der Waals surface area contributed by atoms with Crippen molar-refractivity contribution in [1.82, 2.24) is 15.1 Å². The van der Waals surface area contributed by atoms with Gasteiger partial charge in [-0.05, 0) is 49.9 Å². The van der Waals surface area contributed by atoms with Gasteiger partial charge in [-0.2, -0.15) is 5.10 Å². The van der Waals surface area contributed by atoms with E-state index >= 15 is 0 Å². The zero-order chi connectivity index (χ0) is 23.4. The summed E-state index contributed by atoms with van der Waals surface area (Å²) in [5.41, 5.74) is 2.98. The number of rotatable bonds is 7. The second-order valence-corrected chi connectivity index (χ2v) is 8.43. The van der Waals surface area contributed by atoms with Gasteiger partial charge in [-0.1, -0.05) is 30.3 Å². The van der Waals surface area contributed by atoms with E-state index in [1.807, 2.05) is 32.0 Å². The number of aryl methyl sites for hydroxylation is 1. The second-order valence-electron chi connectivity index (χ2n) is 8.43. The number of hydrogen-bond acceptors (Lipinski definition) is 5. The standard InChI is InChI=1S/C25H28N4O4/c1-16-7-5-11-21(17(16)2)26-23(30)15-29(14-18-8-6-12-33-18)24(31)13-22-19-9-3-4-10-20(19)25(32)28-27-22/h3-5,7,9-11,18H,6,8,12-15H2,1-2H3,(H,26,30)(H,28,32)/t18-/m0/s1. The normalized spacial score (nSPS) is 15.5. The highest BCUT2D eigenvalue weighted by atomic mass is 16.5. The number of nitrogens with zero attached hydrogens (tertiary/aromatic N) is 2. The number of nitrogens with one attached hydrogen (secondary N) is 2. The van der Waals surface area contributed by atoms with Gasteiger partial charge in [0.1, 0.15) is 0 Å². The number of amides is 2. The summed E-state index contributed by atoms with van der Waals surface area (Å²) >= 11 is 0. The van der Waals surface area contributed by atoms with Crippen molar-refractivity contribution in [2.75, 3.05) is 25.0 Å². The van der Waals surface area contributed by atoms with Crippen LogP contribution in [0.25, 0.3) is 10.8 Å². The van der Waals surface area contributed by atoms with E-state index in [9.17, 15) is 14.4 Å². The van der Waals surface area contributed by atoms with Crippen molar-refractivity contribution >= 4 is 28.3 Å². The number of H-pyrrole nitrogens is 1. The second kappa shape index (κ2) is 9.95. The lowest BCUT2D eigenvalue weighted by molar-refractivity contribution is -0.135. The fourth-order valence-corrected chi connectivity index (χ4v) is 4.10. The van der Waals surface area contributed by atoms with Crippen molar-refractivity contribution in [3.8, 4) is 0 Å². The number of aromatic amines is 1. The molecule has 1 aliphatic heterocycles. The van der Waals surface area contributed by atoms with Gasteiger partial charge in [0, 0.05) is 24.2 Å². The Hall–Kier alpha value is -3.52. The van der Waals surface area contributed by atoms with Crippen LogP contribution in [0.4, 0.5) is 5.69 Å². The molecule has 0 unspecified atom stereocenters. The maximum absolute atomic E-state index is 13.3. The molecule has 0 saturated carbocycles. The number of fused-ring (bicyclic) bond motifs is 1.